The van der Waals surface area contributed by atoms with Crippen molar-refractivity contribution in [3.63, 3.8) is 0 Å². The molecular formula is C12H10N4O. The number of H-pyrrole nitrogens is 1. The average molecular weight is 226 g/mol. The summed E-state index contributed by atoms with van der Waals surface area (Å²) < 4.78 is 0. The topological polar surface area (TPSA) is 95.6 Å². The van der Waals surface area contributed by atoms with Gasteiger partial charge in [-0.05, 0) is 12.5 Å². The van der Waals surface area contributed by atoms with E-state index in [2.05, 4.69) is 9.97 Å². The first-order valence-electron chi connectivity index (χ1n) is 4.99. The van der Waals surface area contributed by atoms with Crippen molar-refractivity contribution in [1.82, 2.24) is 9.97 Å². The largest absolute Gasteiger partial charge is 0.369 e. The van der Waals surface area contributed by atoms with E-state index in [0.29, 0.717) is 5.69 Å². The zero-order valence-electron chi connectivity index (χ0n) is 9.19. The lowest BCUT2D eigenvalue weighted by Crippen LogP contribution is -2.16. The minimum atomic E-state index is -0.516. The lowest BCUT2D eigenvalue weighted by Gasteiger charge is -2.06. The fraction of sp³-hybridized carbons (Fsp3) is 0.0833. The molecule has 0 bridgehead atoms. The number of nitriles is 1. The second-order valence-electron chi connectivity index (χ2n) is 3.60. The molecule has 5 heteroatoms. The van der Waals surface area contributed by atoms with Crippen molar-refractivity contribution in [2.75, 3.05) is 5.73 Å². The molecule has 3 N–H and O–H groups in total. The summed E-state index contributed by atoms with van der Waals surface area (Å²) >= 11 is 0. The Morgan fingerprint density at radius 3 is 2.76 bits per heavy atom. The maximum Gasteiger partial charge on any atom is 0.270 e. The smallest absolute Gasteiger partial charge is 0.270 e. The average Bonchev–Trinajstić information content (AvgIpc) is 2.28. The summed E-state index contributed by atoms with van der Waals surface area (Å²) in [5, 5.41) is 8.99. The van der Waals surface area contributed by atoms with Crippen LogP contribution in [0.5, 0.6) is 0 Å². The molecule has 17 heavy (non-hydrogen) atoms. The minimum Gasteiger partial charge on any atom is -0.369 e. The number of benzene rings is 1. The molecule has 0 saturated heterocycles. The van der Waals surface area contributed by atoms with Crippen LogP contribution in [0.1, 0.15) is 11.1 Å². The molecule has 0 aliphatic carbocycles. The third-order valence-corrected chi connectivity index (χ3v) is 2.45. The summed E-state index contributed by atoms with van der Waals surface area (Å²) in [6.45, 7) is 1.88. The number of hydrogen-bond acceptors (Lipinski definition) is 4. The maximum absolute atomic E-state index is 11.6. The summed E-state index contributed by atoms with van der Waals surface area (Å²) in [5.41, 5.74) is 6.95. The molecule has 1 heterocycles. The van der Waals surface area contributed by atoms with Crippen molar-refractivity contribution in [2.24, 2.45) is 0 Å². The highest BCUT2D eigenvalue weighted by Crippen LogP contribution is 2.22. The molecule has 0 spiro atoms. The second kappa shape index (κ2) is 4.10. The molecule has 0 saturated carbocycles. The summed E-state index contributed by atoms with van der Waals surface area (Å²) in [6.07, 6.45) is 0. The van der Waals surface area contributed by atoms with Crippen molar-refractivity contribution in [3.8, 4) is 17.3 Å². The van der Waals surface area contributed by atoms with E-state index in [1.165, 1.54) is 0 Å². The SMILES string of the molecule is Cc1ccccc1-c1nc(N)[nH]c(=O)c1C#N. The van der Waals surface area contributed by atoms with Gasteiger partial charge in [-0.25, -0.2) is 4.98 Å². The second-order valence-corrected chi connectivity index (χ2v) is 3.60. The molecule has 0 unspecified atom stereocenters. The highest BCUT2D eigenvalue weighted by Gasteiger charge is 2.13. The van der Waals surface area contributed by atoms with Gasteiger partial charge >= 0.3 is 0 Å². The molecule has 84 valence electrons. The predicted molar refractivity (Wildman–Crippen MR) is 64.2 cm³/mol. The Morgan fingerprint density at radius 2 is 2.12 bits per heavy atom. The van der Waals surface area contributed by atoms with Crippen LogP contribution >= 0.6 is 0 Å². The van der Waals surface area contributed by atoms with Crippen molar-refractivity contribution in [3.05, 3.63) is 45.7 Å². The molecule has 1 aromatic carbocycles. The van der Waals surface area contributed by atoms with Gasteiger partial charge in [0, 0.05) is 5.56 Å². The van der Waals surface area contributed by atoms with Crippen LogP contribution in [-0.2, 0) is 0 Å². The third kappa shape index (κ3) is 1.88. The maximum atomic E-state index is 11.6. The van der Waals surface area contributed by atoms with Crippen LogP contribution in [0.15, 0.2) is 29.1 Å². The molecule has 0 fully saturated rings. The Balaban J connectivity index is 2.81. The number of aryl methyl sites for hydroxylation is 1. The van der Waals surface area contributed by atoms with E-state index >= 15 is 0 Å². The normalized spacial score (nSPS) is 9.88. The van der Waals surface area contributed by atoms with Crippen LogP contribution < -0.4 is 11.3 Å². The number of nitrogens with one attached hydrogen (secondary N) is 1. The molecule has 0 amide bonds. The van der Waals surface area contributed by atoms with Crippen LogP contribution in [0, 0.1) is 18.3 Å². The molecule has 2 aromatic rings. The number of rotatable bonds is 1. The number of anilines is 1. The number of nitrogens with zero attached hydrogens (tertiary/aromatic N) is 2. The number of aromatic nitrogens is 2. The minimum absolute atomic E-state index is 0.00672. The summed E-state index contributed by atoms with van der Waals surface area (Å²) in [4.78, 5) is 17.9. The first kappa shape index (κ1) is 10.9. The first-order chi connectivity index (χ1) is 8.13. The molecule has 1 aromatic heterocycles. The Labute approximate surface area is 97.6 Å². The fourth-order valence-corrected chi connectivity index (χ4v) is 1.63. The zero-order valence-corrected chi connectivity index (χ0v) is 9.19. The lowest BCUT2D eigenvalue weighted by molar-refractivity contribution is 1.12. The van der Waals surface area contributed by atoms with Gasteiger partial charge in [-0.3, -0.25) is 9.78 Å². The van der Waals surface area contributed by atoms with E-state index in [-0.39, 0.29) is 11.5 Å². The summed E-state index contributed by atoms with van der Waals surface area (Å²) in [5.74, 6) is 0.00672. The van der Waals surface area contributed by atoms with Gasteiger partial charge in [-0.1, -0.05) is 24.3 Å². The van der Waals surface area contributed by atoms with Gasteiger partial charge in [0.05, 0.1) is 5.69 Å². The van der Waals surface area contributed by atoms with Gasteiger partial charge in [0.1, 0.15) is 11.6 Å². The van der Waals surface area contributed by atoms with Crippen LogP contribution in [0.25, 0.3) is 11.3 Å². The number of hydrogen-bond donors (Lipinski definition) is 2. The summed E-state index contributed by atoms with van der Waals surface area (Å²) in [6, 6.07) is 9.24. The fourth-order valence-electron chi connectivity index (χ4n) is 1.63. The van der Waals surface area contributed by atoms with Crippen molar-refractivity contribution in [2.45, 2.75) is 6.92 Å². The van der Waals surface area contributed by atoms with Gasteiger partial charge in [0.15, 0.2) is 0 Å². The van der Waals surface area contributed by atoms with Crippen molar-refractivity contribution < 1.29 is 0 Å². The molecule has 5 nitrogen and oxygen atoms in total. The summed E-state index contributed by atoms with van der Waals surface area (Å²) in [7, 11) is 0. The highest BCUT2D eigenvalue weighted by atomic mass is 16.1. The van der Waals surface area contributed by atoms with E-state index < -0.39 is 5.56 Å². The monoisotopic (exact) mass is 226 g/mol. The van der Waals surface area contributed by atoms with E-state index in [4.69, 9.17) is 11.0 Å². The highest BCUT2D eigenvalue weighted by molar-refractivity contribution is 5.69. The van der Waals surface area contributed by atoms with E-state index in [0.717, 1.165) is 11.1 Å². The van der Waals surface area contributed by atoms with Crippen LogP contribution in [0.4, 0.5) is 5.95 Å². The molecule has 0 atom stereocenters. The van der Waals surface area contributed by atoms with E-state index in [1.807, 2.05) is 31.2 Å². The van der Waals surface area contributed by atoms with Crippen molar-refractivity contribution >= 4 is 5.95 Å². The zero-order chi connectivity index (χ0) is 12.4. The molecule has 2 rings (SSSR count). The Kier molecular flexibility index (Phi) is 2.63. The Morgan fingerprint density at radius 1 is 1.41 bits per heavy atom. The first-order valence-corrected chi connectivity index (χ1v) is 4.99. The van der Waals surface area contributed by atoms with Gasteiger partial charge < -0.3 is 5.73 Å². The Bertz CT molecular complexity index is 667. The van der Waals surface area contributed by atoms with Crippen LogP contribution in [0.3, 0.4) is 0 Å². The molecule has 0 radical (unpaired) electrons. The lowest BCUT2D eigenvalue weighted by atomic mass is 10.0. The predicted octanol–water partition coefficient (Wildman–Crippen LogP) is 1.20. The molecule has 0 aliphatic heterocycles. The van der Waals surface area contributed by atoms with Crippen LogP contribution in [0.2, 0.25) is 0 Å². The van der Waals surface area contributed by atoms with Gasteiger partial charge in [-0.15, -0.1) is 0 Å². The van der Waals surface area contributed by atoms with Gasteiger partial charge in [-0.2, -0.15) is 5.26 Å². The Hall–Kier alpha value is -2.61. The molecule has 0 aliphatic rings. The third-order valence-electron chi connectivity index (χ3n) is 2.45. The number of nitrogens with two attached hydrogens (primary N) is 1. The van der Waals surface area contributed by atoms with E-state index in [1.54, 1.807) is 6.07 Å². The molecular weight excluding hydrogens is 216 g/mol. The van der Waals surface area contributed by atoms with E-state index in [9.17, 15) is 4.79 Å². The number of nitrogen functional groups attached to an aromatic ring is 1. The van der Waals surface area contributed by atoms with Gasteiger partial charge in [0.2, 0.25) is 5.95 Å². The van der Waals surface area contributed by atoms with Gasteiger partial charge in [0.25, 0.3) is 5.56 Å². The van der Waals surface area contributed by atoms with Crippen molar-refractivity contribution in [1.29, 1.82) is 5.26 Å². The number of aromatic amines is 1. The van der Waals surface area contributed by atoms with Crippen LogP contribution in [-0.4, -0.2) is 9.97 Å². The standard InChI is InChI=1S/C12H10N4O/c1-7-4-2-3-5-8(7)10-9(6-13)11(17)16-12(14)15-10/h2-5H,1H3,(H3,14,15,16,17). The quantitative estimate of drug-likeness (QED) is 0.763.